The Kier molecular flexibility index (Phi) is 6.57. The van der Waals surface area contributed by atoms with Gasteiger partial charge in [-0.25, -0.2) is 0 Å². The summed E-state index contributed by atoms with van der Waals surface area (Å²) in [6.07, 6.45) is 0.329. The zero-order chi connectivity index (χ0) is 13.7. The van der Waals surface area contributed by atoms with E-state index in [0.29, 0.717) is 13.2 Å². The van der Waals surface area contributed by atoms with Crippen molar-refractivity contribution in [2.75, 3.05) is 13.2 Å². The van der Waals surface area contributed by atoms with Crippen molar-refractivity contribution < 1.29 is 18.9 Å². The summed E-state index contributed by atoms with van der Waals surface area (Å²) in [5.74, 6) is 0. The van der Waals surface area contributed by atoms with Crippen molar-refractivity contribution in [2.45, 2.75) is 78.2 Å². The highest BCUT2D eigenvalue weighted by Gasteiger charge is 2.44. The Labute approximate surface area is 111 Å². The van der Waals surface area contributed by atoms with Gasteiger partial charge in [-0.15, -0.1) is 0 Å². The molecule has 0 bridgehead atoms. The molecule has 4 atom stereocenters. The van der Waals surface area contributed by atoms with Crippen LogP contribution in [0.1, 0.15) is 41.5 Å². The van der Waals surface area contributed by atoms with E-state index in [-0.39, 0.29) is 36.6 Å². The van der Waals surface area contributed by atoms with E-state index in [9.17, 15) is 0 Å². The second-order valence-electron chi connectivity index (χ2n) is 5.33. The number of hydrogen-bond donors (Lipinski definition) is 0. The molecule has 18 heavy (non-hydrogen) atoms. The molecule has 0 spiro atoms. The molecule has 1 unspecified atom stereocenters. The standard InChI is InChI=1S/C14H28O4/c1-7-15-13-11(6)18-12(8-16-9(2)3)14(13)17-10(4)5/h9-14H,7-8H2,1-6H3/t11-,12+,13+,14?/m0/s1. The molecule has 1 aliphatic rings. The molecule has 0 N–H and O–H groups in total. The van der Waals surface area contributed by atoms with Crippen molar-refractivity contribution in [3.63, 3.8) is 0 Å². The van der Waals surface area contributed by atoms with Crippen molar-refractivity contribution in [3.8, 4) is 0 Å². The van der Waals surface area contributed by atoms with Crippen LogP contribution < -0.4 is 0 Å². The summed E-state index contributed by atoms with van der Waals surface area (Å²) >= 11 is 0. The normalized spacial score (nSPS) is 32.7. The maximum absolute atomic E-state index is 5.96. The Morgan fingerprint density at radius 2 is 1.72 bits per heavy atom. The van der Waals surface area contributed by atoms with Crippen LogP contribution in [0.15, 0.2) is 0 Å². The molecule has 0 aromatic carbocycles. The van der Waals surface area contributed by atoms with Crippen LogP contribution in [-0.4, -0.2) is 49.8 Å². The zero-order valence-electron chi connectivity index (χ0n) is 12.5. The molecule has 0 saturated carbocycles. The van der Waals surface area contributed by atoms with E-state index in [2.05, 4.69) is 0 Å². The average Bonchev–Trinajstić information content (AvgIpc) is 2.54. The summed E-state index contributed by atoms with van der Waals surface area (Å²) in [7, 11) is 0. The van der Waals surface area contributed by atoms with Crippen LogP contribution in [0, 0.1) is 0 Å². The van der Waals surface area contributed by atoms with Crippen molar-refractivity contribution in [1.29, 1.82) is 0 Å². The molecular weight excluding hydrogens is 232 g/mol. The van der Waals surface area contributed by atoms with E-state index >= 15 is 0 Å². The smallest absolute Gasteiger partial charge is 0.115 e. The maximum Gasteiger partial charge on any atom is 0.115 e. The van der Waals surface area contributed by atoms with Crippen LogP contribution in [-0.2, 0) is 18.9 Å². The van der Waals surface area contributed by atoms with Crippen molar-refractivity contribution >= 4 is 0 Å². The van der Waals surface area contributed by atoms with Gasteiger partial charge in [0.2, 0.25) is 0 Å². The predicted octanol–water partition coefficient (Wildman–Crippen LogP) is 2.40. The summed E-state index contributed by atoms with van der Waals surface area (Å²) in [6, 6.07) is 0. The Balaban J connectivity index is 2.63. The van der Waals surface area contributed by atoms with Crippen LogP contribution in [0.4, 0.5) is 0 Å². The van der Waals surface area contributed by atoms with E-state index in [1.54, 1.807) is 0 Å². The Hall–Kier alpha value is -0.160. The summed E-state index contributed by atoms with van der Waals surface area (Å²) in [5, 5.41) is 0. The minimum Gasteiger partial charge on any atom is -0.376 e. The summed E-state index contributed by atoms with van der Waals surface area (Å²) in [5.41, 5.74) is 0. The van der Waals surface area contributed by atoms with Gasteiger partial charge in [-0.1, -0.05) is 0 Å². The second-order valence-corrected chi connectivity index (χ2v) is 5.33. The molecule has 108 valence electrons. The Morgan fingerprint density at radius 3 is 2.22 bits per heavy atom. The van der Waals surface area contributed by atoms with E-state index < -0.39 is 0 Å². The van der Waals surface area contributed by atoms with E-state index in [1.165, 1.54) is 0 Å². The zero-order valence-corrected chi connectivity index (χ0v) is 12.5. The van der Waals surface area contributed by atoms with Crippen LogP contribution >= 0.6 is 0 Å². The van der Waals surface area contributed by atoms with Gasteiger partial charge in [-0.3, -0.25) is 0 Å². The molecule has 0 amide bonds. The monoisotopic (exact) mass is 260 g/mol. The van der Waals surface area contributed by atoms with Crippen LogP contribution in [0.2, 0.25) is 0 Å². The van der Waals surface area contributed by atoms with Crippen LogP contribution in [0.3, 0.4) is 0 Å². The van der Waals surface area contributed by atoms with Gasteiger partial charge in [-0.2, -0.15) is 0 Å². The minimum atomic E-state index is -0.0429. The van der Waals surface area contributed by atoms with Crippen LogP contribution in [0.5, 0.6) is 0 Å². The first-order chi connectivity index (χ1) is 8.45. The van der Waals surface area contributed by atoms with Gasteiger partial charge in [-0.05, 0) is 41.5 Å². The van der Waals surface area contributed by atoms with Gasteiger partial charge in [0.25, 0.3) is 0 Å². The van der Waals surface area contributed by atoms with Gasteiger partial charge < -0.3 is 18.9 Å². The third kappa shape index (κ3) is 4.50. The average molecular weight is 260 g/mol. The molecule has 0 aromatic rings. The molecule has 4 heteroatoms. The van der Waals surface area contributed by atoms with E-state index in [4.69, 9.17) is 18.9 Å². The lowest BCUT2D eigenvalue weighted by atomic mass is 10.1. The lowest BCUT2D eigenvalue weighted by Gasteiger charge is -2.26. The largest absolute Gasteiger partial charge is 0.376 e. The molecule has 1 heterocycles. The maximum atomic E-state index is 5.96. The van der Waals surface area contributed by atoms with Crippen LogP contribution in [0.25, 0.3) is 0 Å². The number of ether oxygens (including phenoxy) is 4. The molecule has 4 nitrogen and oxygen atoms in total. The Morgan fingerprint density at radius 1 is 1.06 bits per heavy atom. The van der Waals surface area contributed by atoms with Crippen molar-refractivity contribution in [1.82, 2.24) is 0 Å². The van der Waals surface area contributed by atoms with Crippen molar-refractivity contribution in [2.24, 2.45) is 0 Å². The molecule has 1 saturated heterocycles. The molecule has 1 aliphatic heterocycles. The summed E-state index contributed by atoms with van der Waals surface area (Å²) in [6.45, 7) is 13.4. The lowest BCUT2D eigenvalue weighted by molar-refractivity contribution is -0.102. The van der Waals surface area contributed by atoms with E-state index in [0.717, 1.165) is 0 Å². The van der Waals surface area contributed by atoms with Gasteiger partial charge in [0.15, 0.2) is 0 Å². The topological polar surface area (TPSA) is 36.9 Å². The molecular formula is C14H28O4. The van der Waals surface area contributed by atoms with Gasteiger partial charge in [0.1, 0.15) is 18.3 Å². The first kappa shape index (κ1) is 15.9. The summed E-state index contributed by atoms with van der Waals surface area (Å²) in [4.78, 5) is 0. The minimum absolute atomic E-state index is 0.00170. The number of hydrogen-bond acceptors (Lipinski definition) is 4. The highest BCUT2D eigenvalue weighted by atomic mass is 16.6. The summed E-state index contributed by atoms with van der Waals surface area (Å²) < 4.78 is 23.3. The first-order valence-corrected chi connectivity index (χ1v) is 6.99. The quantitative estimate of drug-likeness (QED) is 0.704. The fourth-order valence-corrected chi connectivity index (χ4v) is 2.23. The second kappa shape index (κ2) is 7.43. The number of rotatable bonds is 7. The third-order valence-corrected chi connectivity index (χ3v) is 2.92. The van der Waals surface area contributed by atoms with Gasteiger partial charge >= 0.3 is 0 Å². The third-order valence-electron chi connectivity index (χ3n) is 2.92. The lowest BCUT2D eigenvalue weighted by Crippen LogP contribution is -2.40. The SMILES string of the molecule is CCO[C@H]1C(OC(C)C)[C@@H](COC(C)C)O[C@H]1C. The highest BCUT2D eigenvalue weighted by molar-refractivity contribution is 4.91. The molecule has 1 rings (SSSR count). The highest BCUT2D eigenvalue weighted by Crippen LogP contribution is 2.27. The van der Waals surface area contributed by atoms with Crippen molar-refractivity contribution in [3.05, 3.63) is 0 Å². The predicted molar refractivity (Wildman–Crippen MR) is 70.8 cm³/mol. The van der Waals surface area contributed by atoms with Gasteiger partial charge in [0.05, 0.1) is 24.9 Å². The fraction of sp³-hybridized carbons (Fsp3) is 1.00. The van der Waals surface area contributed by atoms with E-state index in [1.807, 2.05) is 41.5 Å². The Bertz CT molecular complexity index is 230. The molecule has 0 radical (unpaired) electrons. The first-order valence-electron chi connectivity index (χ1n) is 6.99. The fourth-order valence-electron chi connectivity index (χ4n) is 2.23. The molecule has 0 aromatic heterocycles. The molecule has 1 fully saturated rings. The van der Waals surface area contributed by atoms with Gasteiger partial charge in [0, 0.05) is 6.61 Å². The molecule has 0 aliphatic carbocycles.